The number of benzene rings is 1. The van der Waals surface area contributed by atoms with Gasteiger partial charge in [-0.25, -0.2) is 8.42 Å². The lowest BCUT2D eigenvalue weighted by Gasteiger charge is -2.31. The van der Waals surface area contributed by atoms with Gasteiger partial charge in [0.05, 0.1) is 29.2 Å². The first kappa shape index (κ1) is 15.8. The van der Waals surface area contributed by atoms with E-state index < -0.39 is 10.0 Å². The van der Waals surface area contributed by atoms with Crippen LogP contribution in [0.1, 0.15) is 13.3 Å². The summed E-state index contributed by atoms with van der Waals surface area (Å²) in [6, 6.07) is 4.79. The molecule has 112 valence electrons. The molecule has 0 bridgehead atoms. The van der Waals surface area contributed by atoms with Gasteiger partial charge in [-0.1, -0.05) is 6.92 Å². The van der Waals surface area contributed by atoms with Gasteiger partial charge in [0.25, 0.3) is 0 Å². The van der Waals surface area contributed by atoms with Crippen molar-refractivity contribution >= 4 is 26.0 Å². The van der Waals surface area contributed by atoms with Crippen molar-refractivity contribution in [2.75, 3.05) is 26.8 Å². The first-order chi connectivity index (χ1) is 9.48. The fraction of sp³-hybridized carbons (Fsp3) is 0.538. The molecule has 7 heteroatoms. The average molecular weight is 364 g/mol. The SMILES string of the molecule is CCC1CN(S(=O)(=O)c2ccc(OC)c(Br)c2)CCO1. The van der Waals surface area contributed by atoms with Crippen LogP contribution >= 0.6 is 15.9 Å². The summed E-state index contributed by atoms with van der Waals surface area (Å²) >= 11 is 3.32. The largest absolute Gasteiger partial charge is 0.496 e. The number of hydrogen-bond donors (Lipinski definition) is 0. The molecule has 1 fully saturated rings. The van der Waals surface area contributed by atoms with Crippen molar-refractivity contribution in [1.29, 1.82) is 0 Å². The van der Waals surface area contributed by atoms with E-state index in [1.165, 1.54) is 4.31 Å². The maximum Gasteiger partial charge on any atom is 0.243 e. The predicted molar refractivity (Wildman–Crippen MR) is 79.5 cm³/mol. The number of sulfonamides is 1. The van der Waals surface area contributed by atoms with Crippen LogP contribution in [0.25, 0.3) is 0 Å². The third-order valence-electron chi connectivity index (χ3n) is 3.32. The van der Waals surface area contributed by atoms with Gasteiger partial charge in [-0.05, 0) is 40.5 Å². The van der Waals surface area contributed by atoms with Crippen LogP contribution in [0.5, 0.6) is 5.75 Å². The minimum absolute atomic E-state index is 0.0276. The van der Waals surface area contributed by atoms with E-state index in [-0.39, 0.29) is 11.0 Å². The monoisotopic (exact) mass is 363 g/mol. The summed E-state index contributed by atoms with van der Waals surface area (Å²) in [6.07, 6.45) is 0.776. The molecule has 1 aromatic carbocycles. The molecular weight excluding hydrogens is 346 g/mol. The number of nitrogens with zero attached hydrogens (tertiary/aromatic N) is 1. The van der Waals surface area contributed by atoms with Crippen molar-refractivity contribution in [1.82, 2.24) is 4.31 Å². The minimum atomic E-state index is -3.48. The molecule has 1 aromatic rings. The Bertz CT molecular complexity index is 576. The molecule has 20 heavy (non-hydrogen) atoms. The van der Waals surface area contributed by atoms with Gasteiger partial charge in [0.15, 0.2) is 0 Å². The molecule has 0 amide bonds. The van der Waals surface area contributed by atoms with Crippen LogP contribution in [-0.4, -0.2) is 45.6 Å². The highest BCUT2D eigenvalue weighted by molar-refractivity contribution is 9.10. The summed E-state index contributed by atoms with van der Waals surface area (Å²) in [5.41, 5.74) is 0. The fourth-order valence-corrected chi connectivity index (χ4v) is 4.29. The van der Waals surface area contributed by atoms with Gasteiger partial charge in [0.2, 0.25) is 10.0 Å². The summed E-state index contributed by atoms with van der Waals surface area (Å²) < 4.78 is 38.0. The molecule has 1 unspecified atom stereocenters. The van der Waals surface area contributed by atoms with Crippen molar-refractivity contribution in [3.8, 4) is 5.75 Å². The quantitative estimate of drug-likeness (QED) is 0.823. The van der Waals surface area contributed by atoms with E-state index in [1.807, 2.05) is 6.92 Å². The molecule has 1 aliphatic heterocycles. The van der Waals surface area contributed by atoms with Crippen molar-refractivity contribution < 1.29 is 17.9 Å². The smallest absolute Gasteiger partial charge is 0.243 e. The normalized spacial score (nSPS) is 20.9. The Labute approximate surface area is 128 Å². The Morgan fingerprint density at radius 1 is 1.50 bits per heavy atom. The second-order valence-electron chi connectivity index (χ2n) is 4.56. The van der Waals surface area contributed by atoms with E-state index in [0.717, 1.165) is 6.42 Å². The molecule has 0 aliphatic carbocycles. The van der Waals surface area contributed by atoms with Crippen LogP contribution in [0.2, 0.25) is 0 Å². The molecule has 0 saturated carbocycles. The van der Waals surface area contributed by atoms with E-state index in [1.54, 1.807) is 25.3 Å². The number of hydrogen-bond acceptors (Lipinski definition) is 4. The number of rotatable bonds is 4. The fourth-order valence-electron chi connectivity index (χ4n) is 2.11. The number of morpholine rings is 1. The lowest BCUT2D eigenvalue weighted by molar-refractivity contribution is -0.00278. The van der Waals surface area contributed by atoms with Crippen molar-refractivity contribution in [2.45, 2.75) is 24.3 Å². The molecule has 5 nitrogen and oxygen atoms in total. The summed E-state index contributed by atoms with van der Waals surface area (Å²) in [4.78, 5) is 0.266. The Morgan fingerprint density at radius 3 is 2.85 bits per heavy atom. The molecule has 0 radical (unpaired) electrons. The highest BCUT2D eigenvalue weighted by Gasteiger charge is 2.30. The molecule has 0 N–H and O–H groups in total. The Kier molecular flexibility index (Phi) is 5.06. The Morgan fingerprint density at radius 2 is 2.25 bits per heavy atom. The van der Waals surface area contributed by atoms with Crippen molar-refractivity contribution in [2.24, 2.45) is 0 Å². The molecular formula is C13H18BrNO4S. The molecule has 1 atom stereocenters. The van der Waals surface area contributed by atoms with Crippen LogP contribution in [0, 0.1) is 0 Å². The highest BCUT2D eigenvalue weighted by Crippen LogP contribution is 2.29. The first-order valence-electron chi connectivity index (χ1n) is 6.44. The molecule has 1 aliphatic rings. The first-order valence-corrected chi connectivity index (χ1v) is 8.67. The van der Waals surface area contributed by atoms with Crippen LogP contribution < -0.4 is 4.74 Å². The number of ether oxygens (including phenoxy) is 2. The standard InChI is InChI=1S/C13H18BrNO4S/c1-3-10-9-15(6-7-19-10)20(16,17)11-4-5-13(18-2)12(14)8-11/h4-5,8,10H,3,6-7,9H2,1-2H3. The zero-order valence-electron chi connectivity index (χ0n) is 11.5. The second-order valence-corrected chi connectivity index (χ2v) is 7.35. The Hall–Kier alpha value is -0.630. The summed E-state index contributed by atoms with van der Waals surface area (Å²) in [5, 5.41) is 0. The third kappa shape index (κ3) is 3.16. The molecule has 1 saturated heterocycles. The van der Waals surface area contributed by atoms with E-state index >= 15 is 0 Å². The molecule has 0 spiro atoms. The van der Waals surface area contributed by atoms with Gasteiger partial charge >= 0.3 is 0 Å². The minimum Gasteiger partial charge on any atom is -0.496 e. The van der Waals surface area contributed by atoms with E-state index in [2.05, 4.69) is 15.9 Å². The van der Waals surface area contributed by atoms with Gasteiger partial charge in [-0.15, -0.1) is 0 Å². The van der Waals surface area contributed by atoms with Gasteiger partial charge < -0.3 is 9.47 Å². The predicted octanol–water partition coefficient (Wildman–Crippen LogP) is 2.26. The maximum absolute atomic E-state index is 12.6. The second kappa shape index (κ2) is 6.43. The van der Waals surface area contributed by atoms with Crippen LogP contribution in [-0.2, 0) is 14.8 Å². The van der Waals surface area contributed by atoms with Crippen LogP contribution in [0.15, 0.2) is 27.6 Å². The van der Waals surface area contributed by atoms with Gasteiger partial charge in [-0.2, -0.15) is 4.31 Å². The third-order valence-corrected chi connectivity index (χ3v) is 5.80. The molecule has 0 aromatic heterocycles. The summed E-state index contributed by atoms with van der Waals surface area (Å²) in [6.45, 7) is 3.23. The van der Waals surface area contributed by atoms with E-state index in [4.69, 9.17) is 9.47 Å². The maximum atomic E-state index is 12.6. The Balaban J connectivity index is 2.28. The summed E-state index contributed by atoms with van der Waals surface area (Å²) in [7, 11) is -1.94. The molecule has 1 heterocycles. The zero-order chi connectivity index (χ0) is 14.8. The van der Waals surface area contributed by atoms with Gasteiger partial charge in [0, 0.05) is 13.1 Å². The van der Waals surface area contributed by atoms with Gasteiger partial charge in [0.1, 0.15) is 5.75 Å². The van der Waals surface area contributed by atoms with E-state index in [0.29, 0.717) is 29.9 Å². The highest BCUT2D eigenvalue weighted by atomic mass is 79.9. The van der Waals surface area contributed by atoms with Crippen LogP contribution in [0.4, 0.5) is 0 Å². The average Bonchev–Trinajstić information content (AvgIpc) is 2.47. The molecule has 2 rings (SSSR count). The lowest BCUT2D eigenvalue weighted by Crippen LogP contribution is -2.45. The number of methoxy groups -OCH3 is 1. The van der Waals surface area contributed by atoms with Crippen molar-refractivity contribution in [3.63, 3.8) is 0 Å². The van der Waals surface area contributed by atoms with Gasteiger partial charge in [-0.3, -0.25) is 0 Å². The van der Waals surface area contributed by atoms with E-state index in [9.17, 15) is 8.42 Å². The van der Waals surface area contributed by atoms with Crippen LogP contribution in [0.3, 0.4) is 0 Å². The van der Waals surface area contributed by atoms with Crippen molar-refractivity contribution in [3.05, 3.63) is 22.7 Å². The number of halogens is 1. The lowest BCUT2D eigenvalue weighted by atomic mass is 10.2. The summed E-state index contributed by atoms with van der Waals surface area (Å²) in [5.74, 6) is 0.609. The zero-order valence-corrected chi connectivity index (χ0v) is 13.9. The topological polar surface area (TPSA) is 55.8 Å².